The van der Waals surface area contributed by atoms with Crippen LogP contribution in [0, 0.1) is 0 Å². The van der Waals surface area contributed by atoms with Crippen LogP contribution in [0.25, 0.3) is 0 Å². The highest BCUT2D eigenvalue weighted by Gasteiger charge is 2.67. The second-order valence-corrected chi connectivity index (χ2v) is 10.5. The smallest absolute Gasteiger partial charge is 0.497 e. The van der Waals surface area contributed by atoms with E-state index in [1.165, 1.54) is 7.11 Å². The Hall–Kier alpha value is -1.99. The van der Waals surface area contributed by atoms with Crippen molar-refractivity contribution in [2.24, 2.45) is 0 Å². The van der Waals surface area contributed by atoms with E-state index in [0.29, 0.717) is 11.3 Å². The second kappa shape index (κ2) is 7.61. The fourth-order valence-corrected chi connectivity index (χ4v) is 5.43. The number of esters is 1. The summed E-state index contributed by atoms with van der Waals surface area (Å²) in [6.07, 6.45) is -1.85. The Bertz CT molecular complexity index is 947. The van der Waals surface area contributed by atoms with Crippen molar-refractivity contribution in [3.8, 4) is 5.75 Å². The molecule has 2 aliphatic rings. The number of amides is 1. The molecule has 0 spiro atoms. The van der Waals surface area contributed by atoms with E-state index >= 15 is 0 Å². The Kier molecular flexibility index (Phi) is 5.75. The minimum Gasteiger partial charge on any atom is -0.497 e. The third kappa shape index (κ3) is 3.97. The van der Waals surface area contributed by atoms with Gasteiger partial charge in [-0.2, -0.15) is 21.6 Å². The van der Waals surface area contributed by atoms with Crippen molar-refractivity contribution in [1.29, 1.82) is 0 Å². The van der Waals surface area contributed by atoms with Gasteiger partial charge in [0.05, 0.1) is 7.11 Å². The number of methoxy groups -OCH3 is 1. The number of ether oxygens (including phenoxy) is 2. The fraction of sp³-hybridized carbons (Fsp3) is 0.529. The molecule has 8 nitrogen and oxygen atoms in total. The molecule has 3 rings (SSSR count). The maximum Gasteiger partial charge on any atom is 0.523 e. The molecule has 2 aliphatic heterocycles. The molecular formula is C17H18F3NO7S2. The molecule has 2 saturated heterocycles. The minimum atomic E-state index is -5.94. The third-order valence-corrected chi connectivity index (χ3v) is 7.24. The number of nitrogens with zero attached hydrogens (tertiary/aromatic N) is 1. The summed E-state index contributed by atoms with van der Waals surface area (Å²) >= 11 is 0.975. The lowest BCUT2D eigenvalue weighted by atomic mass is 9.97. The van der Waals surface area contributed by atoms with Gasteiger partial charge < -0.3 is 14.4 Å². The lowest BCUT2D eigenvalue weighted by molar-refractivity contribution is -0.171. The molecule has 13 heteroatoms. The van der Waals surface area contributed by atoms with E-state index in [4.69, 9.17) is 9.47 Å². The van der Waals surface area contributed by atoms with E-state index in [1.54, 1.807) is 38.1 Å². The lowest BCUT2D eigenvalue weighted by Crippen LogP contribution is -2.67. The number of rotatable bonds is 6. The molecule has 0 N–H and O–H groups in total. The van der Waals surface area contributed by atoms with Gasteiger partial charge in [0.1, 0.15) is 23.8 Å². The molecule has 0 aromatic heterocycles. The van der Waals surface area contributed by atoms with Crippen LogP contribution in [0.5, 0.6) is 5.75 Å². The fourth-order valence-electron chi connectivity index (χ4n) is 3.19. The van der Waals surface area contributed by atoms with E-state index < -0.39 is 49.8 Å². The largest absolute Gasteiger partial charge is 0.523 e. The number of carbonyl (C=O) groups is 2. The van der Waals surface area contributed by atoms with E-state index in [1.807, 2.05) is 0 Å². The van der Waals surface area contributed by atoms with Gasteiger partial charge in [0.15, 0.2) is 6.10 Å². The van der Waals surface area contributed by atoms with Crippen molar-refractivity contribution in [3.05, 3.63) is 29.8 Å². The molecule has 0 bridgehead atoms. The number of carbonyl (C=O) groups excluding carboxylic acids is 2. The van der Waals surface area contributed by atoms with Gasteiger partial charge >= 0.3 is 21.6 Å². The van der Waals surface area contributed by atoms with Crippen molar-refractivity contribution >= 4 is 33.8 Å². The highest BCUT2D eigenvalue weighted by atomic mass is 32.2. The first kappa shape index (κ1) is 22.7. The third-order valence-electron chi connectivity index (χ3n) is 4.67. The molecule has 0 aliphatic carbocycles. The summed E-state index contributed by atoms with van der Waals surface area (Å²) in [5.41, 5.74) is -4.99. The van der Waals surface area contributed by atoms with E-state index in [9.17, 15) is 31.2 Å². The van der Waals surface area contributed by atoms with Crippen LogP contribution in [0.4, 0.5) is 13.2 Å². The normalized spacial score (nSPS) is 25.5. The Morgan fingerprint density at radius 2 is 1.83 bits per heavy atom. The summed E-state index contributed by atoms with van der Waals surface area (Å²) in [5.74, 6) is -1.15. The highest BCUT2D eigenvalue weighted by molar-refractivity contribution is 8.01. The number of thioether (sulfide) groups is 1. The van der Waals surface area contributed by atoms with Gasteiger partial charge in [-0.1, -0.05) is 12.1 Å². The second-order valence-electron chi connectivity index (χ2n) is 7.13. The maximum atomic E-state index is 12.7. The number of hydrogen-bond donors (Lipinski definition) is 0. The van der Waals surface area contributed by atoms with Gasteiger partial charge in [-0.15, -0.1) is 11.8 Å². The topological polar surface area (TPSA) is 99.2 Å². The number of halogens is 3. The summed E-state index contributed by atoms with van der Waals surface area (Å²) < 4.78 is 73.7. The molecule has 0 unspecified atom stereocenters. The van der Waals surface area contributed by atoms with Gasteiger partial charge in [0.2, 0.25) is 0 Å². The summed E-state index contributed by atoms with van der Waals surface area (Å²) in [7, 11) is -4.44. The molecule has 1 aromatic rings. The minimum absolute atomic E-state index is 0.0881. The number of hydrogen-bond acceptors (Lipinski definition) is 8. The number of β-lactam (4-membered cyclic amide) rings is 1. The van der Waals surface area contributed by atoms with Crippen molar-refractivity contribution in [2.75, 3.05) is 7.11 Å². The Balaban J connectivity index is 1.69. The highest BCUT2D eigenvalue weighted by Crippen LogP contribution is 2.52. The predicted molar refractivity (Wildman–Crippen MR) is 98.7 cm³/mol. The first-order valence-corrected chi connectivity index (χ1v) is 10.9. The van der Waals surface area contributed by atoms with Crippen LogP contribution in [0.15, 0.2) is 24.3 Å². The van der Waals surface area contributed by atoms with Crippen LogP contribution >= 0.6 is 11.8 Å². The lowest BCUT2D eigenvalue weighted by Gasteiger charge is -2.42. The van der Waals surface area contributed by atoms with Crippen molar-refractivity contribution in [3.63, 3.8) is 0 Å². The standard InChI is InChI=1S/C17H18F3NO7S2/c1-16(2)12(15(23)27-8-9-4-6-10(26-3)7-5-9)21-13(22)11(14(21)29-16)28-30(24,25)17(18,19)20/h4-7,11-12,14H,8H2,1-3H3/t11-,12-,14+/m0/s1. The molecule has 0 radical (unpaired) electrons. The molecule has 2 fully saturated rings. The molecule has 166 valence electrons. The Morgan fingerprint density at radius 3 is 2.37 bits per heavy atom. The van der Waals surface area contributed by atoms with Crippen LogP contribution < -0.4 is 4.74 Å². The monoisotopic (exact) mass is 469 g/mol. The first-order chi connectivity index (χ1) is 13.8. The summed E-state index contributed by atoms with van der Waals surface area (Å²) in [5, 5.41) is -1.05. The van der Waals surface area contributed by atoms with E-state index in [-0.39, 0.29) is 6.61 Å². The SMILES string of the molecule is COc1ccc(COC(=O)[C@@H]2N3C(=O)[C@H](OS(=O)(=O)C(F)(F)F)[C@H]3SC2(C)C)cc1. The van der Waals surface area contributed by atoms with Gasteiger partial charge in [0, 0.05) is 4.75 Å². The average molecular weight is 469 g/mol. The number of alkyl halides is 3. The van der Waals surface area contributed by atoms with Gasteiger partial charge in [0.25, 0.3) is 5.91 Å². The molecule has 2 heterocycles. The quantitative estimate of drug-likeness (QED) is 0.270. The van der Waals surface area contributed by atoms with E-state index in [0.717, 1.165) is 16.7 Å². The van der Waals surface area contributed by atoms with Crippen molar-refractivity contribution in [2.45, 2.75) is 48.2 Å². The Morgan fingerprint density at radius 1 is 1.23 bits per heavy atom. The molecule has 1 aromatic carbocycles. The molecule has 0 saturated carbocycles. The van der Waals surface area contributed by atoms with Crippen LogP contribution in [0.2, 0.25) is 0 Å². The Labute approximate surface area is 174 Å². The van der Waals surface area contributed by atoms with Gasteiger partial charge in [-0.05, 0) is 31.5 Å². The summed E-state index contributed by atoms with van der Waals surface area (Å²) in [4.78, 5) is 26.0. The van der Waals surface area contributed by atoms with Crippen LogP contribution in [-0.2, 0) is 35.2 Å². The zero-order chi connectivity index (χ0) is 22.5. The van der Waals surface area contributed by atoms with Crippen LogP contribution in [-0.4, -0.2) is 60.1 Å². The molecule has 30 heavy (non-hydrogen) atoms. The first-order valence-electron chi connectivity index (χ1n) is 8.57. The number of fused-ring (bicyclic) bond motifs is 1. The van der Waals surface area contributed by atoms with Gasteiger partial charge in [-0.3, -0.25) is 4.79 Å². The van der Waals surface area contributed by atoms with Crippen molar-refractivity contribution < 1.29 is 44.8 Å². The van der Waals surface area contributed by atoms with Crippen molar-refractivity contribution in [1.82, 2.24) is 4.90 Å². The maximum absolute atomic E-state index is 12.7. The number of benzene rings is 1. The van der Waals surface area contributed by atoms with E-state index in [2.05, 4.69) is 4.18 Å². The molecular weight excluding hydrogens is 451 g/mol. The summed E-state index contributed by atoms with van der Waals surface area (Å²) in [6.45, 7) is 3.13. The summed E-state index contributed by atoms with van der Waals surface area (Å²) in [6, 6.07) is 5.62. The average Bonchev–Trinajstić information content (AvgIpc) is 2.92. The predicted octanol–water partition coefficient (Wildman–Crippen LogP) is 2.04. The zero-order valence-electron chi connectivity index (χ0n) is 16.0. The molecule has 1 amide bonds. The van der Waals surface area contributed by atoms with Crippen LogP contribution in [0.3, 0.4) is 0 Å². The zero-order valence-corrected chi connectivity index (χ0v) is 17.6. The van der Waals surface area contributed by atoms with Gasteiger partial charge in [-0.25, -0.2) is 8.98 Å². The molecule has 3 atom stereocenters. The van der Waals surface area contributed by atoms with Crippen LogP contribution in [0.1, 0.15) is 19.4 Å².